The zero-order valence-corrected chi connectivity index (χ0v) is 19.6. The zero-order valence-electron chi connectivity index (χ0n) is 18.0. The van der Waals surface area contributed by atoms with Crippen molar-refractivity contribution in [2.24, 2.45) is 5.73 Å². The number of imidazole rings is 1. The molecular formula is C22H23Cl2F3N4O2. The minimum atomic E-state index is -4.83. The number of alkyl halides is 3. The summed E-state index contributed by atoms with van der Waals surface area (Å²) in [5.41, 5.74) is 3.30. The van der Waals surface area contributed by atoms with E-state index in [0.29, 0.717) is 36.3 Å². The van der Waals surface area contributed by atoms with Gasteiger partial charge in [0.25, 0.3) is 0 Å². The van der Waals surface area contributed by atoms with E-state index in [1.54, 1.807) is 12.1 Å². The molecule has 0 spiro atoms. The summed E-state index contributed by atoms with van der Waals surface area (Å²) in [5, 5.41) is 0.584. The second-order valence-electron chi connectivity index (χ2n) is 7.54. The number of nitrogens with two attached hydrogens (primary N) is 1. The van der Waals surface area contributed by atoms with Crippen molar-refractivity contribution in [2.45, 2.75) is 33.1 Å². The Morgan fingerprint density at radius 3 is 2.30 bits per heavy atom. The summed E-state index contributed by atoms with van der Waals surface area (Å²) in [6.45, 7) is 5.70. The molecule has 0 radical (unpaired) electrons. The summed E-state index contributed by atoms with van der Waals surface area (Å²) in [7, 11) is 0. The van der Waals surface area contributed by atoms with Crippen molar-refractivity contribution in [3.63, 3.8) is 0 Å². The monoisotopic (exact) mass is 502 g/mol. The second-order valence-corrected chi connectivity index (χ2v) is 8.38. The van der Waals surface area contributed by atoms with Crippen molar-refractivity contribution >= 4 is 40.1 Å². The molecule has 1 aromatic heterocycles. The molecule has 0 bridgehead atoms. The van der Waals surface area contributed by atoms with Crippen LogP contribution in [0.15, 0.2) is 35.1 Å². The SMILES string of the molecule is CCN(CC)CCn1c(=O)n(Cc2ccc(Cl)cc2Cl)c2c(C(F)(F)F)cc(C(N)=O)cc21. The molecule has 0 atom stereocenters. The highest BCUT2D eigenvalue weighted by Gasteiger charge is 2.36. The van der Waals surface area contributed by atoms with E-state index in [0.717, 1.165) is 4.57 Å². The number of fused-ring (bicyclic) bond motifs is 1. The van der Waals surface area contributed by atoms with Crippen molar-refractivity contribution in [3.8, 4) is 0 Å². The molecule has 6 nitrogen and oxygen atoms in total. The van der Waals surface area contributed by atoms with Gasteiger partial charge in [0, 0.05) is 28.7 Å². The van der Waals surface area contributed by atoms with Gasteiger partial charge in [0.1, 0.15) is 0 Å². The van der Waals surface area contributed by atoms with Crippen LogP contribution in [-0.4, -0.2) is 39.6 Å². The Bertz CT molecular complexity index is 1250. The van der Waals surface area contributed by atoms with Gasteiger partial charge < -0.3 is 10.6 Å². The number of nitrogens with zero attached hydrogens (tertiary/aromatic N) is 3. The molecule has 0 unspecified atom stereocenters. The van der Waals surface area contributed by atoms with E-state index >= 15 is 0 Å². The lowest BCUT2D eigenvalue weighted by molar-refractivity contribution is -0.136. The molecule has 178 valence electrons. The molecule has 0 aliphatic rings. The molecule has 11 heteroatoms. The lowest BCUT2D eigenvalue weighted by Crippen LogP contribution is -2.32. The van der Waals surface area contributed by atoms with Crippen molar-refractivity contribution in [2.75, 3.05) is 19.6 Å². The quantitative estimate of drug-likeness (QED) is 0.488. The normalized spacial score (nSPS) is 12.1. The number of primary amides is 1. The number of amides is 1. The summed E-state index contributed by atoms with van der Waals surface area (Å²) in [5.74, 6) is -1.02. The first-order valence-electron chi connectivity index (χ1n) is 10.3. The van der Waals surface area contributed by atoms with Gasteiger partial charge in [-0.15, -0.1) is 0 Å². The third-order valence-electron chi connectivity index (χ3n) is 5.58. The van der Waals surface area contributed by atoms with E-state index in [2.05, 4.69) is 0 Å². The van der Waals surface area contributed by atoms with Gasteiger partial charge in [-0.2, -0.15) is 13.2 Å². The minimum absolute atomic E-state index is 0.0131. The molecule has 2 N–H and O–H groups in total. The smallest absolute Gasteiger partial charge is 0.366 e. The maximum absolute atomic E-state index is 14.0. The van der Waals surface area contributed by atoms with Gasteiger partial charge in [-0.3, -0.25) is 13.9 Å². The highest BCUT2D eigenvalue weighted by Crippen LogP contribution is 2.36. The van der Waals surface area contributed by atoms with Gasteiger partial charge in [0.05, 0.1) is 23.1 Å². The van der Waals surface area contributed by atoms with Crippen LogP contribution in [0.4, 0.5) is 13.2 Å². The summed E-state index contributed by atoms with van der Waals surface area (Å²) >= 11 is 12.2. The zero-order chi connectivity index (χ0) is 24.5. The van der Waals surface area contributed by atoms with E-state index in [1.807, 2.05) is 18.7 Å². The Labute approximate surface area is 198 Å². The average Bonchev–Trinajstić information content (AvgIpc) is 3.00. The predicted molar refractivity (Wildman–Crippen MR) is 123 cm³/mol. The first-order chi connectivity index (χ1) is 15.5. The van der Waals surface area contributed by atoms with E-state index in [-0.39, 0.29) is 34.7 Å². The van der Waals surface area contributed by atoms with Crippen LogP contribution in [0.3, 0.4) is 0 Å². The van der Waals surface area contributed by atoms with Gasteiger partial charge in [0.15, 0.2) is 0 Å². The number of halogens is 5. The molecule has 2 aromatic carbocycles. The first-order valence-corrected chi connectivity index (χ1v) is 11.0. The molecule has 33 heavy (non-hydrogen) atoms. The Morgan fingerprint density at radius 1 is 1.09 bits per heavy atom. The maximum Gasteiger partial charge on any atom is 0.418 e. The van der Waals surface area contributed by atoms with E-state index in [9.17, 15) is 22.8 Å². The predicted octanol–water partition coefficient (Wildman–Crippen LogP) is 4.62. The Hall–Kier alpha value is -2.49. The topological polar surface area (TPSA) is 73.3 Å². The lowest BCUT2D eigenvalue weighted by Gasteiger charge is -2.18. The average molecular weight is 503 g/mol. The van der Waals surface area contributed by atoms with Crippen LogP contribution in [0.1, 0.15) is 35.3 Å². The molecule has 3 rings (SSSR count). The number of rotatable bonds is 8. The molecule has 1 heterocycles. The number of likely N-dealkylation sites (N-methyl/N-ethyl adjacent to an activating group) is 1. The molecule has 0 aliphatic carbocycles. The van der Waals surface area contributed by atoms with Crippen LogP contribution >= 0.6 is 23.2 Å². The van der Waals surface area contributed by atoms with Crippen molar-refractivity contribution in [1.29, 1.82) is 0 Å². The fraction of sp³-hybridized carbons (Fsp3) is 0.364. The summed E-state index contributed by atoms with van der Waals surface area (Å²) < 4.78 is 44.4. The van der Waals surface area contributed by atoms with Crippen LogP contribution < -0.4 is 11.4 Å². The van der Waals surface area contributed by atoms with Gasteiger partial charge in [-0.25, -0.2) is 4.79 Å². The summed E-state index contributed by atoms with van der Waals surface area (Å²) in [6.07, 6.45) is -4.83. The van der Waals surface area contributed by atoms with Crippen molar-refractivity contribution in [3.05, 3.63) is 67.6 Å². The van der Waals surface area contributed by atoms with Gasteiger partial charge in [-0.05, 0) is 42.9 Å². The Morgan fingerprint density at radius 2 is 1.76 bits per heavy atom. The largest absolute Gasteiger partial charge is 0.418 e. The van der Waals surface area contributed by atoms with Gasteiger partial charge in [-0.1, -0.05) is 43.1 Å². The fourth-order valence-electron chi connectivity index (χ4n) is 3.78. The van der Waals surface area contributed by atoms with Crippen LogP contribution in [0.5, 0.6) is 0 Å². The maximum atomic E-state index is 14.0. The van der Waals surface area contributed by atoms with Crippen molar-refractivity contribution in [1.82, 2.24) is 14.0 Å². The van der Waals surface area contributed by atoms with Crippen LogP contribution in [0.2, 0.25) is 10.0 Å². The van der Waals surface area contributed by atoms with Crippen LogP contribution in [0.25, 0.3) is 11.0 Å². The Kier molecular flexibility index (Phi) is 7.45. The summed E-state index contributed by atoms with van der Waals surface area (Å²) in [6, 6.07) is 6.47. The number of hydrogen-bond acceptors (Lipinski definition) is 3. The molecule has 1 amide bonds. The number of hydrogen-bond donors (Lipinski definition) is 1. The number of carbonyl (C=O) groups is 1. The number of carbonyl (C=O) groups excluding carboxylic acids is 1. The van der Waals surface area contributed by atoms with Crippen LogP contribution in [0, 0.1) is 0 Å². The third-order valence-corrected chi connectivity index (χ3v) is 6.17. The highest BCUT2D eigenvalue weighted by atomic mass is 35.5. The Balaban J connectivity index is 2.31. The molecule has 0 aliphatic heterocycles. The van der Waals surface area contributed by atoms with E-state index < -0.39 is 23.3 Å². The first kappa shape index (κ1) is 25.1. The third kappa shape index (κ3) is 5.20. The summed E-state index contributed by atoms with van der Waals surface area (Å²) in [4.78, 5) is 27.2. The molecular weight excluding hydrogens is 480 g/mol. The molecule has 0 fully saturated rings. The van der Waals surface area contributed by atoms with Gasteiger partial charge in [0.2, 0.25) is 5.91 Å². The highest BCUT2D eigenvalue weighted by molar-refractivity contribution is 6.35. The lowest BCUT2D eigenvalue weighted by atomic mass is 10.1. The number of aromatic nitrogens is 2. The minimum Gasteiger partial charge on any atom is -0.366 e. The van der Waals surface area contributed by atoms with E-state index in [4.69, 9.17) is 28.9 Å². The molecule has 3 aromatic rings. The fourth-order valence-corrected chi connectivity index (χ4v) is 4.24. The standard InChI is InChI=1S/C22H23Cl2F3N4O2/c1-3-29(4-2)7-8-30-18-10-14(20(28)32)9-16(22(25,26)27)19(18)31(21(30)33)12-13-5-6-15(23)11-17(13)24/h5-6,9-11H,3-4,7-8,12H2,1-2H3,(H2,28,32). The number of benzene rings is 2. The van der Waals surface area contributed by atoms with Gasteiger partial charge >= 0.3 is 11.9 Å². The van der Waals surface area contributed by atoms with E-state index in [1.165, 1.54) is 16.7 Å². The second kappa shape index (κ2) is 9.79. The van der Waals surface area contributed by atoms with Crippen molar-refractivity contribution < 1.29 is 18.0 Å². The molecule has 0 saturated heterocycles. The molecule has 0 saturated carbocycles. The van der Waals surface area contributed by atoms with Crippen LogP contribution in [-0.2, 0) is 19.3 Å².